The van der Waals surface area contributed by atoms with E-state index in [2.05, 4.69) is 73.4 Å². The molecule has 0 aromatic carbocycles. The van der Waals surface area contributed by atoms with Gasteiger partial charge in [-0.2, -0.15) is 0 Å². The second-order valence-corrected chi connectivity index (χ2v) is 14.6. The van der Waals surface area contributed by atoms with Crippen molar-refractivity contribution in [1.82, 2.24) is 0 Å². The minimum Gasteiger partial charge on any atom is -0.414 e. The summed E-state index contributed by atoms with van der Waals surface area (Å²) in [6.07, 6.45) is 7.61. The van der Waals surface area contributed by atoms with E-state index in [-0.39, 0.29) is 29.3 Å². The van der Waals surface area contributed by atoms with Gasteiger partial charge in [-0.25, -0.2) is 0 Å². The van der Waals surface area contributed by atoms with Crippen molar-refractivity contribution in [1.29, 1.82) is 0 Å². The Bertz CT molecular complexity index is 490. The first-order valence-electron chi connectivity index (χ1n) is 10.0. The predicted molar refractivity (Wildman–Crippen MR) is 114 cm³/mol. The first-order valence-corrected chi connectivity index (χ1v) is 12.9. The first kappa shape index (κ1) is 23.6. The Balaban J connectivity index is 2.71. The van der Waals surface area contributed by atoms with Crippen LogP contribution in [0.5, 0.6) is 0 Å². The molecule has 152 valence electrons. The number of hydrogen-bond acceptors (Lipinski definition) is 3. The Labute approximate surface area is 163 Å². The fourth-order valence-electron chi connectivity index (χ4n) is 3.02. The van der Waals surface area contributed by atoms with Crippen molar-refractivity contribution >= 4 is 8.32 Å². The summed E-state index contributed by atoms with van der Waals surface area (Å²) in [5, 5.41) is 0.233. The summed E-state index contributed by atoms with van der Waals surface area (Å²) in [6.45, 7) is 25.9. The highest BCUT2D eigenvalue weighted by Gasteiger charge is 2.42. The number of ether oxygens (including phenoxy) is 2. The predicted octanol–water partition coefficient (Wildman–Crippen LogP) is 6.32. The molecule has 0 aromatic heterocycles. The molecule has 5 atom stereocenters. The van der Waals surface area contributed by atoms with Gasteiger partial charge in [0.25, 0.3) is 0 Å². The molecule has 0 saturated carbocycles. The van der Waals surface area contributed by atoms with E-state index in [1.54, 1.807) is 0 Å². The Morgan fingerprint density at radius 3 is 2.19 bits per heavy atom. The van der Waals surface area contributed by atoms with Crippen LogP contribution in [0.15, 0.2) is 24.8 Å². The van der Waals surface area contributed by atoms with Gasteiger partial charge < -0.3 is 13.9 Å². The lowest BCUT2D eigenvalue weighted by atomic mass is 9.95. The summed E-state index contributed by atoms with van der Waals surface area (Å²) in [5.74, 6) is 0.120. The van der Waals surface area contributed by atoms with Crippen molar-refractivity contribution < 1.29 is 13.9 Å². The molecule has 4 heteroatoms. The van der Waals surface area contributed by atoms with Crippen LogP contribution in [0.25, 0.3) is 0 Å². The lowest BCUT2D eigenvalue weighted by Gasteiger charge is -2.39. The third kappa shape index (κ3) is 6.33. The van der Waals surface area contributed by atoms with Crippen LogP contribution in [-0.4, -0.2) is 32.4 Å². The lowest BCUT2D eigenvalue weighted by molar-refractivity contribution is -0.148. The molecule has 1 fully saturated rings. The fraction of sp³-hybridized carbons (Fsp3) is 0.818. The highest BCUT2D eigenvalue weighted by atomic mass is 28.4. The van der Waals surface area contributed by atoms with Gasteiger partial charge in [-0.05, 0) is 51.2 Å². The quantitative estimate of drug-likeness (QED) is 0.363. The molecule has 1 unspecified atom stereocenters. The SMILES string of the molecule is C=CC[C@@H]1OC(C)(C)O[C@@H]1C(C)/C=C\[C@@H](C)[C@H](C)O[Si](C)(C)C(C)(C)C. The van der Waals surface area contributed by atoms with Gasteiger partial charge in [-0.15, -0.1) is 6.58 Å². The van der Waals surface area contributed by atoms with Crippen LogP contribution in [-0.2, 0) is 13.9 Å². The number of rotatable bonds is 8. The van der Waals surface area contributed by atoms with Crippen molar-refractivity contribution in [3.8, 4) is 0 Å². The third-order valence-electron chi connectivity index (χ3n) is 5.88. The summed E-state index contributed by atoms with van der Waals surface area (Å²) in [4.78, 5) is 0. The summed E-state index contributed by atoms with van der Waals surface area (Å²) in [7, 11) is -1.74. The molecule has 1 saturated heterocycles. The summed E-state index contributed by atoms with van der Waals surface area (Å²) in [6, 6.07) is 0. The second-order valence-electron chi connectivity index (χ2n) is 9.85. The summed E-state index contributed by atoms with van der Waals surface area (Å²) < 4.78 is 18.7. The van der Waals surface area contributed by atoms with Crippen LogP contribution in [0.2, 0.25) is 18.1 Å². The van der Waals surface area contributed by atoms with Crippen molar-refractivity contribution in [2.45, 2.75) is 104 Å². The standard InChI is InChI=1S/C22H42O3Si/c1-12-13-19-20(24-22(8,9)23-19)17(3)15-14-16(2)18(4)25-26(10,11)21(5,6)7/h12,14-20H,1,13H2,2-11H3/b15-14-/t16-,17?,18+,19+,20-/m1/s1. The van der Waals surface area contributed by atoms with E-state index in [0.717, 1.165) is 6.42 Å². The zero-order chi connectivity index (χ0) is 20.3. The highest BCUT2D eigenvalue weighted by molar-refractivity contribution is 6.74. The van der Waals surface area contributed by atoms with E-state index in [1.165, 1.54) is 0 Å². The third-order valence-corrected chi connectivity index (χ3v) is 10.5. The minimum atomic E-state index is -1.74. The largest absolute Gasteiger partial charge is 0.414 e. The monoisotopic (exact) mass is 382 g/mol. The van der Waals surface area contributed by atoms with E-state index in [9.17, 15) is 0 Å². The maximum atomic E-state index is 6.53. The van der Waals surface area contributed by atoms with Crippen LogP contribution < -0.4 is 0 Å². The van der Waals surface area contributed by atoms with E-state index < -0.39 is 14.1 Å². The van der Waals surface area contributed by atoms with E-state index in [4.69, 9.17) is 13.9 Å². The van der Waals surface area contributed by atoms with Gasteiger partial charge in [0.05, 0.1) is 12.2 Å². The Morgan fingerprint density at radius 2 is 1.69 bits per heavy atom. The molecule has 0 spiro atoms. The van der Waals surface area contributed by atoms with Gasteiger partial charge in [0.1, 0.15) is 0 Å². The van der Waals surface area contributed by atoms with Crippen LogP contribution in [0.1, 0.15) is 61.8 Å². The molecule has 0 bridgehead atoms. The average molecular weight is 383 g/mol. The van der Waals surface area contributed by atoms with Crippen molar-refractivity contribution in [2.75, 3.05) is 0 Å². The molecule has 1 rings (SSSR count). The first-order chi connectivity index (χ1) is 11.7. The lowest BCUT2D eigenvalue weighted by Crippen LogP contribution is -2.44. The molecular formula is C22H42O3Si. The normalized spacial score (nSPS) is 27.5. The van der Waals surface area contributed by atoms with Crippen molar-refractivity contribution in [3.63, 3.8) is 0 Å². The molecular weight excluding hydrogens is 340 g/mol. The zero-order valence-electron chi connectivity index (χ0n) is 18.8. The van der Waals surface area contributed by atoms with Crippen LogP contribution >= 0.6 is 0 Å². The van der Waals surface area contributed by atoms with Gasteiger partial charge in [0, 0.05) is 12.0 Å². The molecule has 1 aliphatic heterocycles. The van der Waals surface area contributed by atoms with Gasteiger partial charge in [-0.1, -0.05) is 52.8 Å². The summed E-state index contributed by atoms with van der Waals surface area (Å²) in [5.41, 5.74) is 0. The van der Waals surface area contributed by atoms with Crippen LogP contribution in [0.3, 0.4) is 0 Å². The zero-order valence-corrected chi connectivity index (χ0v) is 19.8. The second kappa shape index (κ2) is 8.72. The van der Waals surface area contributed by atoms with Gasteiger partial charge in [-0.3, -0.25) is 0 Å². The van der Waals surface area contributed by atoms with Crippen LogP contribution in [0.4, 0.5) is 0 Å². The molecule has 0 radical (unpaired) electrons. The van der Waals surface area contributed by atoms with E-state index >= 15 is 0 Å². The minimum absolute atomic E-state index is 0.0584. The van der Waals surface area contributed by atoms with Crippen LogP contribution in [0, 0.1) is 11.8 Å². The van der Waals surface area contributed by atoms with Gasteiger partial charge >= 0.3 is 0 Å². The van der Waals surface area contributed by atoms with Crippen molar-refractivity contribution in [2.24, 2.45) is 11.8 Å². The Hall–Kier alpha value is -0.423. The van der Waals surface area contributed by atoms with E-state index in [1.807, 2.05) is 19.9 Å². The smallest absolute Gasteiger partial charge is 0.192 e. The van der Waals surface area contributed by atoms with E-state index in [0.29, 0.717) is 5.92 Å². The average Bonchev–Trinajstić information content (AvgIpc) is 2.78. The number of hydrogen-bond donors (Lipinski definition) is 0. The molecule has 1 aliphatic rings. The van der Waals surface area contributed by atoms with Crippen molar-refractivity contribution in [3.05, 3.63) is 24.8 Å². The summed E-state index contributed by atoms with van der Waals surface area (Å²) >= 11 is 0. The fourth-order valence-corrected chi connectivity index (χ4v) is 4.52. The molecule has 0 aromatic rings. The molecule has 0 aliphatic carbocycles. The highest BCUT2D eigenvalue weighted by Crippen LogP contribution is 2.38. The van der Waals surface area contributed by atoms with Gasteiger partial charge in [0.2, 0.25) is 0 Å². The van der Waals surface area contributed by atoms with Gasteiger partial charge in [0.15, 0.2) is 14.1 Å². The maximum Gasteiger partial charge on any atom is 0.192 e. The molecule has 0 N–H and O–H groups in total. The Kier molecular flexibility index (Phi) is 7.92. The molecule has 1 heterocycles. The molecule has 0 amide bonds. The maximum absolute atomic E-state index is 6.53. The molecule has 3 nitrogen and oxygen atoms in total. The molecule has 26 heavy (non-hydrogen) atoms. The topological polar surface area (TPSA) is 27.7 Å². The Morgan fingerprint density at radius 1 is 1.12 bits per heavy atom.